The molecule has 3 fully saturated rings. The van der Waals surface area contributed by atoms with Crippen LogP contribution >= 0.6 is 0 Å². The van der Waals surface area contributed by atoms with Crippen LogP contribution in [0.2, 0.25) is 0 Å². The molecule has 4 rings (SSSR count). The van der Waals surface area contributed by atoms with Crippen molar-refractivity contribution in [3.8, 4) is 0 Å². The molecule has 108 valence electrons. The van der Waals surface area contributed by atoms with Crippen LogP contribution in [0, 0.1) is 11.3 Å². The van der Waals surface area contributed by atoms with Crippen LogP contribution in [-0.4, -0.2) is 12.6 Å². The SMILES string of the molecule is c1ccc(C2CC2C2(CNC3CC3)CCCCC2)cc1. The molecule has 1 N–H and O–H groups in total. The maximum atomic E-state index is 3.86. The Kier molecular flexibility index (Phi) is 3.34. The van der Waals surface area contributed by atoms with Crippen molar-refractivity contribution in [1.82, 2.24) is 5.32 Å². The van der Waals surface area contributed by atoms with Gasteiger partial charge in [-0.3, -0.25) is 0 Å². The second kappa shape index (κ2) is 5.18. The van der Waals surface area contributed by atoms with Crippen molar-refractivity contribution >= 4 is 0 Å². The van der Waals surface area contributed by atoms with E-state index in [9.17, 15) is 0 Å². The molecule has 0 saturated heterocycles. The normalized spacial score (nSPS) is 32.0. The van der Waals surface area contributed by atoms with Gasteiger partial charge >= 0.3 is 0 Å². The maximum Gasteiger partial charge on any atom is 0.00684 e. The van der Waals surface area contributed by atoms with E-state index >= 15 is 0 Å². The van der Waals surface area contributed by atoms with Gasteiger partial charge in [-0.1, -0.05) is 49.6 Å². The van der Waals surface area contributed by atoms with Crippen LogP contribution in [0.25, 0.3) is 0 Å². The van der Waals surface area contributed by atoms with Crippen LogP contribution < -0.4 is 5.32 Å². The standard InChI is InChI=1S/C19H27N/c1-3-7-15(8-4-1)17-13-18(17)19(11-5-2-6-12-19)14-20-16-9-10-16/h1,3-4,7-8,16-18,20H,2,5-6,9-14H2. The zero-order valence-electron chi connectivity index (χ0n) is 12.5. The lowest BCUT2D eigenvalue weighted by atomic mass is 9.69. The highest BCUT2D eigenvalue weighted by Crippen LogP contribution is 2.61. The Morgan fingerprint density at radius 2 is 1.75 bits per heavy atom. The van der Waals surface area contributed by atoms with Crippen LogP contribution in [0.3, 0.4) is 0 Å². The summed E-state index contributed by atoms with van der Waals surface area (Å²) in [6.07, 6.45) is 11.6. The lowest BCUT2D eigenvalue weighted by molar-refractivity contribution is 0.145. The van der Waals surface area contributed by atoms with Crippen molar-refractivity contribution in [1.29, 1.82) is 0 Å². The number of hydrogen-bond acceptors (Lipinski definition) is 1. The summed E-state index contributed by atoms with van der Waals surface area (Å²) in [6, 6.07) is 12.1. The second-order valence-corrected chi connectivity index (χ2v) is 7.44. The fourth-order valence-electron chi connectivity index (χ4n) is 4.51. The molecule has 1 nitrogen and oxygen atoms in total. The molecule has 0 amide bonds. The van der Waals surface area contributed by atoms with Gasteiger partial charge in [0.25, 0.3) is 0 Å². The molecule has 0 aliphatic heterocycles. The lowest BCUT2D eigenvalue weighted by Gasteiger charge is -2.39. The minimum atomic E-state index is 0.626. The topological polar surface area (TPSA) is 12.0 Å². The third-order valence-electron chi connectivity index (χ3n) is 5.97. The molecule has 2 atom stereocenters. The van der Waals surface area contributed by atoms with E-state index in [0.29, 0.717) is 5.41 Å². The minimum absolute atomic E-state index is 0.626. The Labute approximate surface area is 123 Å². The predicted molar refractivity (Wildman–Crippen MR) is 83.8 cm³/mol. The molecule has 0 radical (unpaired) electrons. The average molecular weight is 269 g/mol. The van der Waals surface area contributed by atoms with Crippen LogP contribution in [0.5, 0.6) is 0 Å². The van der Waals surface area contributed by atoms with Crippen LogP contribution in [0.4, 0.5) is 0 Å². The number of hydrogen-bond donors (Lipinski definition) is 1. The third kappa shape index (κ3) is 2.53. The predicted octanol–water partition coefficient (Wildman–Crippen LogP) is 4.49. The molecule has 0 heterocycles. The van der Waals surface area contributed by atoms with E-state index in [1.807, 2.05) is 0 Å². The van der Waals surface area contributed by atoms with E-state index < -0.39 is 0 Å². The summed E-state index contributed by atoms with van der Waals surface area (Å²) in [5, 5.41) is 3.86. The van der Waals surface area contributed by atoms with Crippen LogP contribution in [0.15, 0.2) is 30.3 Å². The molecule has 3 saturated carbocycles. The summed E-state index contributed by atoms with van der Waals surface area (Å²) in [7, 11) is 0. The molecule has 1 aromatic carbocycles. The number of nitrogens with one attached hydrogen (secondary N) is 1. The summed E-state index contributed by atoms with van der Waals surface area (Å²) in [6.45, 7) is 1.30. The van der Waals surface area contributed by atoms with Gasteiger partial charge in [0.05, 0.1) is 0 Å². The fourth-order valence-corrected chi connectivity index (χ4v) is 4.51. The smallest absolute Gasteiger partial charge is 0.00684 e. The number of benzene rings is 1. The molecule has 0 aromatic heterocycles. The van der Waals surface area contributed by atoms with E-state index in [-0.39, 0.29) is 0 Å². The van der Waals surface area contributed by atoms with Crippen molar-refractivity contribution < 1.29 is 0 Å². The van der Waals surface area contributed by atoms with Gasteiger partial charge in [-0.25, -0.2) is 0 Å². The third-order valence-corrected chi connectivity index (χ3v) is 5.97. The van der Waals surface area contributed by atoms with E-state index in [0.717, 1.165) is 17.9 Å². The Bertz CT molecular complexity index is 442. The quantitative estimate of drug-likeness (QED) is 0.830. The van der Waals surface area contributed by atoms with E-state index in [1.54, 1.807) is 5.56 Å². The van der Waals surface area contributed by atoms with E-state index in [4.69, 9.17) is 0 Å². The molecule has 3 aliphatic rings. The first-order valence-corrected chi connectivity index (χ1v) is 8.66. The summed E-state index contributed by atoms with van der Waals surface area (Å²) in [5.41, 5.74) is 2.22. The van der Waals surface area contributed by atoms with Crippen molar-refractivity contribution in [3.05, 3.63) is 35.9 Å². The van der Waals surface area contributed by atoms with Gasteiger partial charge in [0.1, 0.15) is 0 Å². The van der Waals surface area contributed by atoms with Gasteiger partial charge in [-0.05, 0) is 54.9 Å². The van der Waals surface area contributed by atoms with Crippen molar-refractivity contribution in [2.75, 3.05) is 6.54 Å². The molecule has 20 heavy (non-hydrogen) atoms. The second-order valence-electron chi connectivity index (χ2n) is 7.44. The number of rotatable bonds is 5. The average Bonchev–Trinajstić information content (AvgIpc) is 3.41. The highest BCUT2D eigenvalue weighted by molar-refractivity contribution is 5.27. The molecule has 0 spiro atoms. The summed E-state index contributed by atoms with van der Waals surface area (Å²) >= 11 is 0. The monoisotopic (exact) mass is 269 g/mol. The van der Waals surface area contributed by atoms with E-state index in [2.05, 4.69) is 35.6 Å². The maximum absolute atomic E-state index is 3.86. The zero-order chi connectivity index (χ0) is 13.4. The van der Waals surface area contributed by atoms with Gasteiger partial charge in [0, 0.05) is 12.6 Å². The van der Waals surface area contributed by atoms with Gasteiger partial charge in [-0.15, -0.1) is 0 Å². The van der Waals surface area contributed by atoms with E-state index in [1.165, 1.54) is 57.9 Å². The molecular formula is C19H27N. The molecule has 2 unspecified atom stereocenters. The van der Waals surface area contributed by atoms with Crippen LogP contribution in [-0.2, 0) is 0 Å². The van der Waals surface area contributed by atoms with Gasteiger partial charge in [0.15, 0.2) is 0 Å². The molecular weight excluding hydrogens is 242 g/mol. The highest BCUT2D eigenvalue weighted by Gasteiger charge is 2.52. The summed E-state index contributed by atoms with van der Waals surface area (Å²) in [4.78, 5) is 0. The lowest BCUT2D eigenvalue weighted by Crippen LogP contribution is -2.39. The first-order chi connectivity index (χ1) is 9.87. The zero-order valence-corrected chi connectivity index (χ0v) is 12.5. The largest absolute Gasteiger partial charge is 0.313 e. The summed E-state index contributed by atoms with van der Waals surface area (Å²) < 4.78 is 0. The first-order valence-electron chi connectivity index (χ1n) is 8.66. The Balaban J connectivity index is 1.47. The van der Waals surface area contributed by atoms with Crippen molar-refractivity contribution in [3.63, 3.8) is 0 Å². The minimum Gasteiger partial charge on any atom is -0.313 e. The van der Waals surface area contributed by atoms with Gasteiger partial charge in [0.2, 0.25) is 0 Å². The summed E-state index contributed by atoms with van der Waals surface area (Å²) in [5.74, 6) is 1.81. The molecule has 3 aliphatic carbocycles. The highest BCUT2D eigenvalue weighted by atomic mass is 15.0. The van der Waals surface area contributed by atoms with Crippen LogP contribution in [0.1, 0.15) is 62.8 Å². The molecule has 1 aromatic rings. The Morgan fingerprint density at radius 1 is 1.00 bits per heavy atom. The van der Waals surface area contributed by atoms with Gasteiger partial charge in [-0.2, -0.15) is 0 Å². The van der Waals surface area contributed by atoms with Crippen molar-refractivity contribution in [2.24, 2.45) is 11.3 Å². The van der Waals surface area contributed by atoms with Crippen molar-refractivity contribution in [2.45, 2.75) is 63.3 Å². The molecule has 0 bridgehead atoms. The van der Waals surface area contributed by atoms with Gasteiger partial charge < -0.3 is 5.32 Å². The Morgan fingerprint density at radius 3 is 2.45 bits per heavy atom. The Hall–Kier alpha value is -0.820. The first kappa shape index (κ1) is 12.9. The molecule has 1 heteroatoms. The fraction of sp³-hybridized carbons (Fsp3) is 0.684.